The number of ether oxygens (including phenoxy) is 1. The third kappa shape index (κ3) is 11.9. The normalized spacial score (nSPS) is 12.4. The van der Waals surface area contributed by atoms with E-state index in [1.165, 1.54) is 6.42 Å². The fraction of sp³-hybridized carbons (Fsp3) is 1.00. The van der Waals surface area contributed by atoms with Crippen molar-refractivity contribution in [1.29, 1.82) is 0 Å². The predicted octanol–water partition coefficient (Wildman–Crippen LogP) is 1.34. The van der Waals surface area contributed by atoms with Crippen LogP contribution in [0, 0.1) is 0 Å². The monoisotopic (exact) mass is 202 g/mol. The molecular weight excluding hydrogens is 176 g/mol. The second-order valence-corrected chi connectivity index (χ2v) is 4.87. The molecule has 0 radical (unpaired) electrons. The van der Waals surface area contributed by atoms with Crippen LogP contribution in [-0.2, 0) is 4.74 Å². The Morgan fingerprint density at radius 3 is 2.29 bits per heavy atom. The lowest BCUT2D eigenvalue weighted by molar-refractivity contribution is -0.000770. The highest BCUT2D eigenvalue weighted by molar-refractivity contribution is 4.59. The predicted molar refractivity (Wildman–Crippen MR) is 61.7 cm³/mol. The number of hydrogen-bond acceptors (Lipinski definition) is 3. The lowest BCUT2D eigenvalue weighted by Crippen LogP contribution is -2.28. The topological polar surface area (TPSA) is 24.5 Å². The molecule has 0 aliphatic rings. The van der Waals surface area contributed by atoms with Crippen molar-refractivity contribution in [3.8, 4) is 0 Å². The molecule has 0 aromatic heterocycles. The van der Waals surface area contributed by atoms with Gasteiger partial charge in [-0.15, -0.1) is 0 Å². The van der Waals surface area contributed by atoms with E-state index in [4.69, 9.17) is 4.74 Å². The first-order valence-electron chi connectivity index (χ1n) is 5.41. The van der Waals surface area contributed by atoms with Gasteiger partial charge < -0.3 is 15.0 Å². The number of nitrogens with one attached hydrogen (secondary N) is 1. The van der Waals surface area contributed by atoms with Crippen LogP contribution in [0.2, 0.25) is 0 Å². The fourth-order valence-corrected chi connectivity index (χ4v) is 1.07. The fourth-order valence-electron chi connectivity index (χ4n) is 1.07. The summed E-state index contributed by atoms with van der Waals surface area (Å²) < 4.78 is 5.58. The second-order valence-electron chi connectivity index (χ2n) is 4.87. The Morgan fingerprint density at radius 1 is 1.14 bits per heavy atom. The average molecular weight is 202 g/mol. The molecule has 0 heterocycles. The van der Waals surface area contributed by atoms with Crippen LogP contribution in [0.1, 0.15) is 27.2 Å². The Bertz CT molecular complexity index is 130. The van der Waals surface area contributed by atoms with Gasteiger partial charge >= 0.3 is 0 Å². The van der Waals surface area contributed by atoms with Gasteiger partial charge in [0.15, 0.2) is 0 Å². The minimum absolute atomic E-state index is 0.00861. The standard InChI is InChI=1S/C11H26N2O/c1-11(2,3)14-10-8-12-7-6-9-13(4)5/h12H,6-10H2,1-5H3. The molecule has 0 rings (SSSR count). The van der Waals surface area contributed by atoms with E-state index in [2.05, 4.69) is 45.1 Å². The minimum atomic E-state index is -0.00861. The molecule has 3 heteroatoms. The lowest BCUT2D eigenvalue weighted by atomic mass is 10.2. The molecule has 0 saturated heterocycles. The zero-order chi connectivity index (χ0) is 11.0. The first-order chi connectivity index (χ1) is 6.42. The summed E-state index contributed by atoms with van der Waals surface area (Å²) in [6.45, 7) is 10.2. The van der Waals surface area contributed by atoms with E-state index in [9.17, 15) is 0 Å². The number of hydrogen-bond donors (Lipinski definition) is 1. The Morgan fingerprint density at radius 2 is 1.79 bits per heavy atom. The summed E-state index contributed by atoms with van der Waals surface area (Å²) in [5, 5.41) is 3.36. The first-order valence-corrected chi connectivity index (χ1v) is 5.41. The maximum absolute atomic E-state index is 5.58. The maximum Gasteiger partial charge on any atom is 0.0599 e. The number of rotatable bonds is 7. The van der Waals surface area contributed by atoms with Crippen LogP contribution >= 0.6 is 0 Å². The van der Waals surface area contributed by atoms with Gasteiger partial charge in [0.05, 0.1) is 12.2 Å². The smallest absolute Gasteiger partial charge is 0.0599 e. The van der Waals surface area contributed by atoms with Crippen LogP contribution in [0.3, 0.4) is 0 Å². The average Bonchev–Trinajstić information content (AvgIpc) is 2.00. The quantitative estimate of drug-likeness (QED) is 0.631. The zero-order valence-corrected chi connectivity index (χ0v) is 10.4. The summed E-state index contributed by atoms with van der Waals surface area (Å²) >= 11 is 0. The van der Waals surface area contributed by atoms with Crippen molar-refractivity contribution in [3.05, 3.63) is 0 Å². The van der Waals surface area contributed by atoms with Gasteiger partial charge in [0.25, 0.3) is 0 Å². The van der Waals surface area contributed by atoms with Gasteiger partial charge in [0.2, 0.25) is 0 Å². The molecule has 0 amide bonds. The molecule has 0 aromatic carbocycles. The second kappa shape index (κ2) is 7.21. The molecule has 0 fully saturated rings. The van der Waals surface area contributed by atoms with Crippen molar-refractivity contribution in [2.24, 2.45) is 0 Å². The Kier molecular flexibility index (Phi) is 7.15. The lowest BCUT2D eigenvalue weighted by Gasteiger charge is -2.19. The van der Waals surface area contributed by atoms with E-state index < -0.39 is 0 Å². The highest BCUT2D eigenvalue weighted by Gasteiger charge is 2.08. The Labute approximate surface area is 88.8 Å². The molecule has 0 aliphatic carbocycles. The van der Waals surface area contributed by atoms with Gasteiger partial charge in [-0.05, 0) is 54.4 Å². The molecule has 0 spiro atoms. The molecule has 0 unspecified atom stereocenters. The summed E-state index contributed by atoms with van der Waals surface area (Å²) in [7, 11) is 4.20. The third-order valence-electron chi connectivity index (χ3n) is 1.77. The molecule has 1 N–H and O–H groups in total. The van der Waals surface area contributed by atoms with Crippen molar-refractivity contribution in [2.75, 3.05) is 40.3 Å². The van der Waals surface area contributed by atoms with Crippen molar-refractivity contribution in [3.63, 3.8) is 0 Å². The van der Waals surface area contributed by atoms with Crippen LogP contribution in [-0.4, -0.2) is 50.8 Å². The molecule has 3 nitrogen and oxygen atoms in total. The van der Waals surface area contributed by atoms with Crippen LogP contribution in [0.4, 0.5) is 0 Å². The van der Waals surface area contributed by atoms with Gasteiger partial charge in [-0.25, -0.2) is 0 Å². The first kappa shape index (κ1) is 13.9. The molecule has 0 bridgehead atoms. The van der Waals surface area contributed by atoms with E-state index >= 15 is 0 Å². The third-order valence-corrected chi connectivity index (χ3v) is 1.77. The highest BCUT2D eigenvalue weighted by atomic mass is 16.5. The van der Waals surface area contributed by atoms with Crippen LogP contribution in [0.25, 0.3) is 0 Å². The number of nitrogens with zero attached hydrogens (tertiary/aromatic N) is 1. The van der Waals surface area contributed by atoms with E-state index in [1.807, 2.05) is 0 Å². The summed E-state index contributed by atoms with van der Waals surface area (Å²) in [6.07, 6.45) is 1.20. The molecule has 0 saturated carbocycles. The molecule has 14 heavy (non-hydrogen) atoms. The van der Waals surface area contributed by atoms with Crippen molar-refractivity contribution in [2.45, 2.75) is 32.8 Å². The van der Waals surface area contributed by atoms with Crippen LogP contribution in [0.15, 0.2) is 0 Å². The highest BCUT2D eigenvalue weighted by Crippen LogP contribution is 2.04. The molecular formula is C11H26N2O. The van der Waals surface area contributed by atoms with Gasteiger partial charge in [-0.3, -0.25) is 0 Å². The summed E-state index contributed by atoms with van der Waals surface area (Å²) in [5.41, 5.74) is -0.00861. The van der Waals surface area contributed by atoms with Gasteiger partial charge in [-0.2, -0.15) is 0 Å². The summed E-state index contributed by atoms with van der Waals surface area (Å²) in [5.74, 6) is 0. The van der Waals surface area contributed by atoms with Gasteiger partial charge in [0, 0.05) is 6.54 Å². The Balaban J connectivity index is 3.07. The van der Waals surface area contributed by atoms with Crippen LogP contribution < -0.4 is 5.32 Å². The summed E-state index contributed by atoms with van der Waals surface area (Å²) in [4.78, 5) is 2.20. The molecule has 86 valence electrons. The van der Waals surface area contributed by atoms with Crippen molar-refractivity contribution >= 4 is 0 Å². The van der Waals surface area contributed by atoms with Gasteiger partial charge in [-0.1, -0.05) is 0 Å². The van der Waals surface area contributed by atoms with Crippen molar-refractivity contribution in [1.82, 2.24) is 10.2 Å². The molecule has 0 aliphatic heterocycles. The zero-order valence-electron chi connectivity index (χ0n) is 10.4. The Hall–Kier alpha value is -0.120. The van der Waals surface area contributed by atoms with E-state index in [0.717, 1.165) is 26.2 Å². The minimum Gasteiger partial charge on any atom is -0.375 e. The van der Waals surface area contributed by atoms with E-state index in [0.29, 0.717) is 0 Å². The van der Waals surface area contributed by atoms with Gasteiger partial charge in [0.1, 0.15) is 0 Å². The molecule has 0 aromatic rings. The van der Waals surface area contributed by atoms with E-state index in [-0.39, 0.29) is 5.60 Å². The summed E-state index contributed by atoms with van der Waals surface area (Å²) in [6, 6.07) is 0. The molecule has 0 atom stereocenters. The van der Waals surface area contributed by atoms with Crippen molar-refractivity contribution < 1.29 is 4.74 Å². The maximum atomic E-state index is 5.58. The van der Waals surface area contributed by atoms with E-state index in [1.54, 1.807) is 0 Å². The SMILES string of the molecule is CN(C)CCCNCCOC(C)(C)C. The largest absolute Gasteiger partial charge is 0.375 e. The van der Waals surface area contributed by atoms with Crippen LogP contribution in [0.5, 0.6) is 0 Å².